The summed E-state index contributed by atoms with van der Waals surface area (Å²) in [5.41, 5.74) is 1.57. The number of nitrogens with zero attached hydrogens (tertiary/aromatic N) is 1. The molecule has 158 valence electrons. The van der Waals surface area contributed by atoms with E-state index in [0.717, 1.165) is 15.6 Å². The number of carbonyl (C=O) groups excluding carboxylic acids is 1. The number of rotatable bonds is 6. The Hall–Kier alpha value is -3.16. The maximum atomic E-state index is 12.9. The van der Waals surface area contributed by atoms with E-state index < -0.39 is 10.0 Å². The van der Waals surface area contributed by atoms with E-state index in [9.17, 15) is 13.2 Å². The smallest absolute Gasteiger partial charge is 0.264 e. The Bertz CT molecular complexity index is 1320. The number of hydrogen-bond acceptors (Lipinski definition) is 4. The summed E-state index contributed by atoms with van der Waals surface area (Å²) in [4.78, 5) is 13.6. The van der Waals surface area contributed by atoms with Crippen LogP contribution in [0, 0.1) is 0 Å². The second-order valence-electron chi connectivity index (χ2n) is 7.22. The molecule has 7 heteroatoms. The van der Waals surface area contributed by atoms with Gasteiger partial charge in [-0.05, 0) is 54.3 Å². The van der Waals surface area contributed by atoms with E-state index in [1.807, 2.05) is 43.3 Å². The van der Waals surface area contributed by atoms with E-state index in [2.05, 4.69) is 5.32 Å². The molecule has 0 radical (unpaired) electrons. The number of amides is 1. The Kier molecular flexibility index (Phi) is 5.80. The molecule has 31 heavy (non-hydrogen) atoms. The third-order valence-corrected chi connectivity index (χ3v) is 8.05. The van der Waals surface area contributed by atoms with E-state index in [0.29, 0.717) is 10.6 Å². The summed E-state index contributed by atoms with van der Waals surface area (Å²) in [6.45, 7) is 1.95. The first kappa shape index (κ1) is 21.1. The van der Waals surface area contributed by atoms with Gasteiger partial charge in [-0.15, -0.1) is 11.3 Å². The topological polar surface area (TPSA) is 66.5 Å². The second-order valence-corrected chi connectivity index (χ2v) is 10.3. The van der Waals surface area contributed by atoms with Gasteiger partial charge in [-0.25, -0.2) is 8.42 Å². The van der Waals surface area contributed by atoms with Gasteiger partial charge in [0.25, 0.3) is 15.9 Å². The van der Waals surface area contributed by atoms with Gasteiger partial charge < -0.3 is 5.32 Å². The summed E-state index contributed by atoms with van der Waals surface area (Å²) in [7, 11) is -2.13. The normalized spacial score (nSPS) is 12.5. The zero-order chi connectivity index (χ0) is 22.0. The maximum absolute atomic E-state index is 12.9. The SMILES string of the molecule is C[C@H](NC(=O)c1cc2cc(N(C)S(=O)(=O)c3ccccc3)ccc2s1)c1ccccc1. The van der Waals surface area contributed by atoms with Gasteiger partial charge in [0.1, 0.15) is 0 Å². The molecule has 0 aliphatic rings. The predicted molar refractivity (Wildman–Crippen MR) is 126 cm³/mol. The Morgan fingerprint density at radius 2 is 1.58 bits per heavy atom. The van der Waals surface area contributed by atoms with Gasteiger partial charge >= 0.3 is 0 Å². The first-order valence-corrected chi connectivity index (χ1v) is 12.1. The minimum Gasteiger partial charge on any atom is -0.345 e. The number of carbonyl (C=O) groups is 1. The van der Waals surface area contributed by atoms with Crippen molar-refractivity contribution in [3.8, 4) is 0 Å². The molecule has 4 rings (SSSR count). The molecule has 4 aromatic rings. The Balaban J connectivity index is 1.58. The molecule has 3 aromatic carbocycles. The van der Waals surface area contributed by atoms with Crippen molar-refractivity contribution >= 4 is 43.0 Å². The van der Waals surface area contributed by atoms with Crippen LogP contribution in [0.2, 0.25) is 0 Å². The minimum absolute atomic E-state index is 0.114. The summed E-state index contributed by atoms with van der Waals surface area (Å²) >= 11 is 1.39. The fraction of sp³-hybridized carbons (Fsp3) is 0.125. The molecule has 0 bridgehead atoms. The van der Waals surface area contributed by atoms with Gasteiger partial charge in [-0.1, -0.05) is 48.5 Å². The van der Waals surface area contributed by atoms with Gasteiger partial charge in [-0.2, -0.15) is 0 Å². The van der Waals surface area contributed by atoms with Crippen molar-refractivity contribution in [1.29, 1.82) is 0 Å². The number of sulfonamides is 1. The van der Waals surface area contributed by atoms with Crippen molar-refractivity contribution < 1.29 is 13.2 Å². The summed E-state index contributed by atoms with van der Waals surface area (Å²) in [5.74, 6) is -0.149. The zero-order valence-electron chi connectivity index (χ0n) is 17.1. The van der Waals surface area contributed by atoms with Crippen LogP contribution in [0.5, 0.6) is 0 Å². The maximum Gasteiger partial charge on any atom is 0.264 e. The number of benzene rings is 3. The van der Waals surface area contributed by atoms with Crippen LogP contribution in [-0.2, 0) is 10.0 Å². The molecular weight excluding hydrogens is 428 g/mol. The highest BCUT2D eigenvalue weighted by molar-refractivity contribution is 7.92. The molecular formula is C24H22N2O3S2. The van der Waals surface area contributed by atoms with E-state index in [1.165, 1.54) is 22.7 Å². The van der Waals surface area contributed by atoms with Crippen molar-refractivity contribution in [2.45, 2.75) is 17.9 Å². The number of anilines is 1. The standard InChI is InChI=1S/C24H22N2O3S2/c1-17(18-9-5-3-6-10-18)25-24(27)23-16-19-15-20(13-14-22(19)30-23)26(2)31(28,29)21-11-7-4-8-12-21/h3-17H,1-2H3,(H,25,27)/t17-/m0/s1. The molecule has 0 aliphatic heterocycles. The van der Waals surface area contributed by atoms with Crippen molar-refractivity contribution in [2.24, 2.45) is 0 Å². The van der Waals surface area contributed by atoms with Crippen LogP contribution in [-0.4, -0.2) is 21.4 Å². The van der Waals surface area contributed by atoms with Gasteiger partial charge in [0, 0.05) is 11.7 Å². The van der Waals surface area contributed by atoms with Gasteiger partial charge in [-0.3, -0.25) is 9.10 Å². The highest BCUT2D eigenvalue weighted by Crippen LogP contribution is 2.31. The van der Waals surface area contributed by atoms with Crippen LogP contribution in [0.25, 0.3) is 10.1 Å². The molecule has 0 aliphatic carbocycles. The average Bonchev–Trinajstić information content (AvgIpc) is 3.23. The summed E-state index contributed by atoms with van der Waals surface area (Å²) in [6, 6.07) is 25.2. The van der Waals surface area contributed by atoms with Crippen molar-refractivity contribution in [2.75, 3.05) is 11.4 Å². The second kappa shape index (κ2) is 8.53. The summed E-state index contributed by atoms with van der Waals surface area (Å²) in [5, 5.41) is 3.85. The fourth-order valence-electron chi connectivity index (χ4n) is 3.32. The largest absolute Gasteiger partial charge is 0.345 e. The number of thiophene rings is 1. The highest BCUT2D eigenvalue weighted by atomic mass is 32.2. The number of hydrogen-bond donors (Lipinski definition) is 1. The molecule has 1 atom stereocenters. The predicted octanol–water partition coefficient (Wildman–Crippen LogP) is 5.22. The lowest BCUT2D eigenvalue weighted by molar-refractivity contribution is 0.0944. The molecule has 1 amide bonds. The number of fused-ring (bicyclic) bond motifs is 1. The monoisotopic (exact) mass is 450 g/mol. The number of nitrogens with one attached hydrogen (secondary N) is 1. The van der Waals surface area contributed by atoms with E-state index in [4.69, 9.17) is 0 Å². The van der Waals surface area contributed by atoms with Crippen LogP contribution in [0.4, 0.5) is 5.69 Å². The fourth-order valence-corrected chi connectivity index (χ4v) is 5.48. The van der Waals surface area contributed by atoms with E-state index in [1.54, 1.807) is 48.5 Å². The average molecular weight is 451 g/mol. The molecule has 0 spiro atoms. The van der Waals surface area contributed by atoms with Crippen molar-refractivity contribution in [1.82, 2.24) is 5.32 Å². The summed E-state index contributed by atoms with van der Waals surface area (Å²) in [6.07, 6.45) is 0. The molecule has 0 unspecified atom stereocenters. The Labute approximate surface area is 186 Å². The van der Waals surface area contributed by atoms with Crippen LogP contribution in [0.1, 0.15) is 28.2 Å². The van der Waals surface area contributed by atoms with Gasteiger partial charge in [0.05, 0.1) is 21.5 Å². The first-order valence-electron chi connectivity index (χ1n) is 9.79. The molecule has 0 saturated carbocycles. The zero-order valence-corrected chi connectivity index (χ0v) is 18.8. The minimum atomic E-state index is -3.66. The van der Waals surface area contributed by atoms with Crippen molar-refractivity contribution in [3.05, 3.63) is 95.4 Å². The van der Waals surface area contributed by atoms with Crippen LogP contribution in [0.3, 0.4) is 0 Å². The van der Waals surface area contributed by atoms with Gasteiger partial charge in [0.15, 0.2) is 0 Å². The molecule has 5 nitrogen and oxygen atoms in total. The Morgan fingerprint density at radius 1 is 0.935 bits per heavy atom. The van der Waals surface area contributed by atoms with E-state index in [-0.39, 0.29) is 16.8 Å². The summed E-state index contributed by atoms with van der Waals surface area (Å²) < 4.78 is 28.0. The molecule has 1 heterocycles. The van der Waals surface area contributed by atoms with Crippen LogP contribution >= 0.6 is 11.3 Å². The van der Waals surface area contributed by atoms with Gasteiger partial charge in [0.2, 0.25) is 0 Å². The molecule has 1 N–H and O–H groups in total. The van der Waals surface area contributed by atoms with E-state index >= 15 is 0 Å². The Morgan fingerprint density at radius 3 is 2.26 bits per heavy atom. The van der Waals surface area contributed by atoms with Crippen molar-refractivity contribution in [3.63, 3.8) is 0 Å². The third kappa shape index (κ3) is 4.33. The van der Waals surface area contributed by atoms with Crippen LogP contribution in [0.15, 0.2) is 89.8 Å². The molecule has 0 saturated heterocycles. The van der Waals surface area contributed by atoms with Crippen LogP contribution < -0.4 is 9.62 Å². The highest BCUT2D eigenvalue weighted by Gasteiger charge is 2.22. The third-order valence-electron chi connectivity index (χ3n) is 5.14. The lowest BCUT2D eigenvalue weighted by Gasteiger charge is -2.19. The first-order chi connectivity index (χ1) is 14.9. The molecule has 0 fully saturated rings. The molecule has 1 aromatic heterocycles. The lowest BCUT2D eigenvalue weighted by atomic mass is 10.1. The quantitative estimate of drug-likeness (QED) is 0.438. The lowest BCUT2D eigenvalue weighted by Crippen LogP contribution is -2.26.